The van der Waals surface area contributed by atoms with E-state index in [0.29, 0.717) is 6.42 Å². The second kappa shape index (κ2) is 4.91. The maximum atomic E-state index is 11.1. The van der Waals surface area contributed by atoms with E-state index in [4.69, 9.17) is 0 Å². The highest BCUT2D eigenvalue weighted by Gasteiger charge is 2.12. The molecule has 0 radical (unpaired) electrons. The lowest BCUT2D eigenvalue weighted by Gasteiger charge is -2.10. The minimum Gasteiger partial charge on any atom is -0.354 e. The summed E-state index contributed by atoms with van der Waals surface area (Å²) < 4.78 is 0. The number of Topliss-reactive ketones (excluding diaryl/α,β-unsaturated/α-hetero) is 1. The van der Waals surface area contributed by atoms with Crippen LogP contribution in [0.2, 0.25) is 0 Å². The van der Waals surface area contributed by atoms with Crippen LogP contribution in [0.3, 0.4) is 0 Å². The fraction of sp³-hybridized carbons (Fsp3) is 0.778. The van der Waals surface area contributed by atoms with Crippen molar-refractivity contribution in [2.24, 2.45) is 5.92 Å². The molecule has 0 aromatic carbocycles. The highest BCUT2D eigenvalue weighted by molar-refractivity contribution is 5.85. The number of hydrogen-bond acceptors (Lipinski definition) is 2. The molecule has 1 atom stereocenters. The van der Waals surface area contributed by atoms with Gasteiger partial charge in [0.1, 0.15) is 5.78 Å². The average Bonchev–Trinajstić information content (AvgIpc) is 1.84. The molecule has 0 heterocycles. The Hall–Kier alpha value is -0.860. The average molecular weight is 171 g/mol. The number of ketones is 1. The van der Waals surface area contributed by atoms with Gasteiger partial charge in [-0.05, 0) is 20.8 Å². The van der Waals surface area contributed by atoms with Crippen LogP contribution in [0.25, 0.3) is 0 Å². The summed E-state index contributed by atoms with van der Waals surface area (Å²) in [5.74, 6) is -0.148. The van der Waals surface area contributed by atoms with Gasteiger partial charge in [-0.2, -0.15) is 0 Å². The maximum absolute atomic E-state index is 11.1. The third-order valence-corrected chi connectivity index (χ3v) is 1.64. The van der Waals surface area contributed by atoms with E-state index in [2.05, 4.69) is 5.32 Å². The van der Waals surface area contributed by atoms with E-state index >= 15 is 0 Å². The minimum atomic E-state index is -0.163. The number of carbonyl (C=O) groups is 2. The normalized spacial score (nSPS) is 12.8. The van der Waals surface area contributed by atoms with Crippen molar-refractivity contribution in [3.05, 3.63) is 0 Å². The van der Waals surface area contributed by atoms with Crippen molar-refractivity contribution in [3.8, 4) is 0 Å². The topological polar surface area (TPSA) is 46.2 Å². The van der Waals surface area contributed by atoms with E-state index in [1.54, 1.807) is 6.92 Å². The van der Waals surface area contributed by atoms with E-state index in [9.17, 15) is 9.59 Å². The Morgan fingerprint density at radius 2 is 1.75 bits per heavy atom. The molecule has 0 saturated carbocycles. The first kappa shape index (κ1) is 11.1. The fourth-order valence-corrected chi connectivity index (χ4v) is 0.803. The van der Waals surface area contributed by atoms with Crippen LogP contribution >= 0.6 is 0 Å². The molecule has 0 unspecified atom stereocenters. The van der Waals surface area contributed by atoms with Crippen LogP contribution in [0.1, 0.15) is 34.1 Å². The number of hydrogen-bond donors (Lipinski definition) is 1. The molecule has 0 saturated heterocycles. The van der Waals surface area contributed by atoms with Crippen molar-refractivity contribution < 1.29 is 9.59 Å². The van der Waals surface area contributed by atoms with Crippen LogP contribution in [0.4, 0.5) is 0 Å². The van der Waals surface area contributed by atoms with E-state index in [0.717, 1.165) is 0 Å². The van der Waals surface area contributed by atoms with Gasteiger partial charge in [-0.15, -0.1) is 0 Å². The molecule has 0 spiro atoms. The number of nitrogens with one attached hydrogen (secondary N) is 1. The van der Waals surface area contributed by atoms with E-state index in [-0.39, 0.29) is 23.7 Å². The van der Waals surface area contributed by atoms with Gasteiger partial charge in [-0.25, -0.2) is 0 Å². The predicted molar refractivity (Wildman–Crippen MR) is 47.7 cm³/mol. The van der Waals surface area contributed by atoms with Crippen molar-refractivity contribution in [3.63, 3.8) is 0 Å². The first-order chi connectivity index (χ1) is 5.43. The highest BCUT2D eigenvalue weighted by Crippen LogP contribution is 2.02. The standard InChI is InChI=1S/C9H17NO2/c1-6(2)10-9(12)5-7(3)8(4)11/h6-7H,5H2,1-4H3,(H,10,12)/t7-/m1/s1. The Labute approximate surface area is 73.5 Å². The first-order valence-electron chi connectivity index (χ1n) is 4.23. The van der Waals surface area contributed by atoms with Crippen molar-refractivity contribution in [2.45, 2.75) is 40.2 Å². The second-order valence-electron chi connectivity index (χ2n) is 3.44. The van der Waals surface area contributed by atoms with Gasteiger partial charge in [0.2, 0.25) is 5.91 Å². The SMILES string of the molecule is CC(=O)[C@H](C)CC(=O)NC(C)C. The molecule has 0 aliphatic rings. The summed E-state index contributed by atoms with van der Waals surface area (Å²) >= 11 is 0. The Bertz CT molecular complexity index is 175. The van der Waals surface area contributed by atoms with Gasteiger partial charge in [-0.3, -0.25) is 9.59 Å². The lowest BCUT2D eigenvalue weighted by molar-refractivity contribution is -0.127. The third kappa shape index (κ3) is 4.88. The zero-order valence-electron chi connectivity index (χ0n) is 8.18. The minimum absolute atomic E-state index is 0.0484. The zero-order valence-corrected chi connectivity index (χ0v) is 8.18. The van der Waals surface area contributed by atoms with Gasteiger partial charge in [0.05, 0.1) is 0 Å². The second-order valence-corrected chi connectivity index (χ2v) is 3.44. The largest absolute Gasteiger partial charge is 0.354 e. The smallest absolute Gasteiger partial charge is 0.220 e. The molecule has 3 heteroatoms. The van der Waals surface area contributed by atoms with Gasteiger partial charge in [-0.1, -0.05) is 6.92 Å². The Balaban J connectivity index is 3.77. The highest BCUT2D eigenvalue weighted by atomic mass is 16.2. The summed E-state index contributed by atoms with van der Waals surface area (Å²) in [6.45, 7) is 7.07. The Kier molecular flexibility index (Phi) is 4.55. The lowest BCUT2D eigenvalue weighted by Crippen LogP contribution is -2.32. The molecule has 0 aromatic heterocycles. The Morgan fingerprint density at radius 3 is 2.08 bits per heavy atom. The zero-order chi connectivity index (χ0) is 9.72. The van der Waals surface area contributed by atoms with Gasteiger partial charge >= 0.3 is 0 Å². The molecule has 0 aliphatic carbocycles. The summed E-state index contributed by atoms with van der Waals surface area (Å²) in [6.07, 6.45) is 0.299. The molecule has 70 valence electrons. The summed E-state index contributed by atoms with van der Waals surface area (Å²) in [6, 6.07) is 0.150. The molecule has 1 amide bonds. The summed E-state index contributed by atoms with van der Waals surface area (Å²) in [5, 5.41) is 2.74. The van der Waals surface area contributed by atoms with E-state index in [1.165, 1.54) is 6.92 Å². The molecular formula is C9H17NO2. The molecule has 3 nitrogen and oxygen atoms in total. The third-order valence-electron chi connectivity index (χ3n) is 1.64. The van der Waals surface area contributed by atoms with Crippen molar-refractivity contribution >= 4 is 11.7 Å². The monoisotopic (exact) mass is 171 g/mol. The summed E-state index contributed by atoms with van der Waals surface area (Å²) in [7, 11) is 0. The van der Waals surface area contributed by atoms with Crippen LogP contribution in [0, 0.1) is 5.92 Å². The van der Waals surface area contributed by atoms with E-state index in [1.807, 2.05) is 13.8 Å². The summed E-state index contributed by atoms with van der Waals surface area (Å²) in [5.41, 5.74) is 0. The number of amides is 1. The van der Waals surface area contributed by atoms with Crippen LogP contribution in [-0.2, 0) is 9.59 Å². The van der Waals surface area contributed by atoms with Gasteiger partial charge in [0.25, 0.3) is 0 Å². The fourth-order valence-electron chi connectivity index (χ4n) is 0.803. The Morgan fingerprint density at radius 1 is 1.25 bits per heavy atom. The molecule has 1 N–H and O–H groups in total. The van der Waals surface area contributed by atoms with Crippen molar-refractivity contribution in [1.29, 1.82) is 0 Å². The van der Waals surface area contributed by atoms with Gasteiger partial charge < -0.3 is 5.32 Å². The van der Waals surface area contributed by atoms with E-state index < -0.39 is 0 Å². The molecule has 0 aliphatic heterocycles. The molecule has 0 bridgehead atoms. The molecule has 0 rings (SSSR count). The number of carbonyl (C=O) groups excluding carboxylic acids is 2. The molecular weight excluding hydrogens is 154 g/mol. The van der Waals surface area contributed by atoms with Crippen LogP contribution in [-0.4, -0.2) is 17.7 Å². The molecule has 0 aromatic rings. The van der Waals surface area contributed by atoms with Gasteiger partial charge in [0, 0.05) is 18.4 Å². The van der Waals surface area contributed by atoms with Crippen molar-refractivity contribution in [2.75, 3.05) is 0 Å². The quantitative estimate of drug-likeness (QED) is 0.689. The molecule has 12 heavy (non-hydrogen) atoms. The van der Waals surface area contributed by atoms with Crippen LogP contribution in [0.5, 0.6) is 0 Å². The molecule has 0 fully saturated rings. The first-order valence-corrected chi connectivity index (χ1v) is 4.23. The lowest BCUT2D eigenvalue weighted by atomic mass is 10.0. The van der Waals surface area contributed by atoms with Crippen molar-refractivity contribution in [1.82, 2.24) is 5.32 Å². The predicted octanol–water partition coefficient (Wildman–Crippen LogP) is 1.13. The number of rotatable bonds is 4. The summed E-state index contributed by atoms with van der Waals surface area (Å²) in [4.78, 5) is 21.9. The van der Waals surface area contributed by atoms with Crippen LogP contribution < -0.4 is 5.32 Å². The van der Waals surface area contributed by atoms with Crippen LogP contribution in [0.15, 0.2) is 0 Å². The maximum Gasteiger partial charge on any atom is 0.220 e. The van der Waals surface area contributed by atoms with Gasteiger partial charge in [0.15, 0.2) is 0 Å².